The van der Waals surface area contributed by atoms with E-state index in [2.05, 4.69) is 162 Å². The number of nitrogen functional groups attached to an aromatic ring is 1. The van der Waals surface area contributed by atoms with E-state index >= 15 is 0 Å². The number of methoxy groups -OCH3 is 5. The molecular formula is C102H145BrF6N10O23. The summed E-state index contributed by atoms with van der Waals surface area (Å²) in [6.07, 6.45) is 0.892. The summed E-state index contributed by atoms with van der Waals surface area (Å²) in [6, 6.07) is 27.0. The maximum atomic E-state index is 14.1. The highest BCUT2D eigenvalue weighted by atomic mass is 79.9. The maximum Gasteiger partial charge on any atom is 0.349 e. The summed E-state index contributed by atoms with van der Waals surface area (Å²) in [4.78, 5) is 120. The third-order valence-electron chi connectivity index (χ3n) is 18.6. The van der Waals surface area contributed by atoms with Crippen LogP contribution in [0, 0.1) is 113 Å². The minimum Gasteiger partial charge on any atom is -0.508 e. The molecule has 0 bridgehead atoms. The molecule has 0 saturated heterocycles. The minimum atomic E-state index is -1.32. The van der Waals surface area contributed by atoms with Crippen LogP contribution in [-0.2, 0) is 63.7 Å². The largest absolute Gasteiger partial charge is 0.508 e. The van der Waals surface area contributed by atoms with Crippen molar-refractivity contribution in [3.05, 3.63) is 198 Å². The van der Waals surface area contributed by atoms with Gasteiger partial charge in [-0.25, -0.2) is 41.5 Å². The number of hydrogen-bond acceptors (Lipinski definition) is 29. The van der Waals surface area contributed by atoms with Crippen LogP contribution in [0.25, 0.3) is 0 Å². The summed E-state index contributed by atoms with van der Waals surface area (Å²) in [5.41, 5.74) is 3.27. The molecule has 5 N–H and O–H groups in total. The van der Waals surface area contributed by atoms with Crippen molar-refractivity contribution in [2.24, 2.45) is 52.3 Å². The molecule has 142 heavy (non-hydrogen) atoms. The van der Waals surface area contributed by atoms with Crippen molar-refractivity contribution in [1.82, 2.24) is 5.32 Å². The van der Waals surface area contributed by atoms with Crippen molar-refractivity contribution in [1.29, 1.82) is 0 Å². The van der Waals surface area contributed by atoms with E-state index in [1.54, 1.807) is 85.7 Å². The first-order valence-electron chi connectivity index (χ1n) is 45.6. The number of benzene rings is 7. The second-order valence-corrected chi connectivity index (χ2v) is 40.2. The lowest BCUT2D eigenvalue weighted by molar-refractivity contribution is -0.387. The highest BCUT2D eigenvalue weighted by Crippen LogP contribution is 2.38. The van der Waals surface area contributed by atoms with Gasteiger partial charge in [0, 0.05) is 63.5 Å². The number of phenolic OH excluding ortho intramolecular Hbond substituents is 1. The van der Waals surface area contributed by atoms with Gasteiger partial charge in [-0.2, -0.15) is 13.8 Å². The standard InChI is InChI=1S/C27H36F2N2O4.C19H30N2O5.C19H32N2O3.C11H12FNO5.C8H19N.C7H3F2NO.C6H4FNO3.C5H9BrO2/c1-17(2)15-31(16-18(3)4)24-11-10-21(35-27(5,6)26(33)34-7)14-23(24)30-25(32)12-19-8-9-20(28)13-22(19)29;1-13(2)11-20(12-14(3)4)16-9-8-15(10-17(16)21(23)24)26-19(5,6)18(22)25-7;1-13(2)11-21(12-14(3)4)17-9-8-15(10-16(17)20)24-19(5,6)18(22)23-7;1-11(2,10(14)17-3)18-7-4-5-8(12)9(6-7)13(15)16;1-7(2)5-9-6-8(3)4;8-5-1-2-7(10-4-11)6(9)3-5;7-5-2-1-4(9)3-6(5)8(10)11;1-5(2,6)4(7)8-3/h8-11,13-14,17-18H,12,15-16H2,1-7H3,(H,30,32);8-10,13-14H,11-12H2,1-7H3;8-10,13-14H,11-12,20H2,1-7H3;4-6H,1-3H3;7-9H,5-6H2,1-4H3;1-3H;1-3,9H;1-3H3. The van der Waals surface area contributed by atoms with Gasteiger partial charge in [-0.05, 0) is 214 Å². The van der Waals surface area contributed by atoms with Gasteiger partial charge >= 0.3 is 41.2 Å². The number of alkyl halides is 1. The second kappa shape index (κ2) is 61.8. The van der Waals surface area contributed by atoms with Gasteiger partial charge < -0.3 is 78.8 Å². The van der Waals surface area contributed by atoms with Crippen molar-refractivity contribution in [3.8, 4) is 28.7 Å². The van der Waals surface area contributed by atoms with Crippen LogP contribution < -0.4 is 50.0 Å². The molecule has 0 heterocycles. The zero-order valence-electron chi connectivity index (χ0n) is 87.4. The number of ether oxygens (including phenoxy) is 9. The van der Waals surface area contributed by atoms with Crippen LogP contribution in [0.15, 0.2) is 132 Å². The van der Waals surface area contributed by atoms with E-state index in [9.17, 15) is 90.2 Å². The lowest BCUT2D eigenvalue weighted by Gasteiger charge is -2.31. The van der Waals surface area contributed by atoms with Gasteiger partial charge in [0.1, 0.15) is 61.9 Å². The van der Waals surface area contributed by atoms with Crippen LogP contribution in [0.3, 0.4) is 0 Å². The quantitative estimate of drug-likeness (QED) is 0.00320. The molecule has 0 radical (unpaired) electrons. The number of hydrogen-bond donors (Lipinski definition) is 4. The van der Waals surface area contributed by atoms with Crippen molar-refractivity contribution >= 4 is 109 Å². The molecule has 7 rings (SSSR count). The third kappa shape index (κ3) is 49.0. The predicted molar refractivity (Wildman–Crippen MR) is 541 cm³/mol. The van der Waals surface area contributed by atoms with E-state index in [4.69, 9.17) is 44.0 Å². The van der Waals surface area contributed by atoms with E-state index in [1.807, 2.05) is 23.1 Å². The molecule has 0 aromatic heterocycles. The first-order chi connectivity index (χ1) is 65.6. The van der Waals surface area contributed by atoms with E-state index in [1.165, 1.54) is 67.6 Å². The van der Waals surface area contributed by atoms with Crippen molar-refractivity contribution in [2.75, 3.05) is 114 Å². The number of nitro groups is 3. The van der Waals surface area contributed by atoms with Gasteiger partial charge in [-0.15, -0.1) is 0 Å². The first-order valence-corrected chi connectivity index (χ1v) is 46.4. The van der Waals surface area contributed by atoms with Crippen LogP contribution in [-0.4, -0.2) is 176 Å². The number of isocyanates is 1. The Morgan fingerprint density at radius 3 is 1.05 bits per heavy atom. The fourth-order valence-corrected chi connectivity index (χ4v) is 12.7. The molecule has 0 fully saturated rings. The van der Waals surface area contributed by atoms with Crippen LogP contribution in [0.5, 0.6) is 28.7 Å². The number of nitrogens with one attached hydrogen (secondary N) is 2. The third-order valence-corrected chi connectivity index (χ3v) is 18.9. The number of amides is 1. The Kier molecular flexibility index (Phi) is 56.2. The van der Waals surface area contributed by atoms with E-state index < -0.39 is 118 Å². The summed E-state index contributed by atoms with van der Waals surface area (Å²) in [5.74, 6) is -2.89. The van der Waals surface area contributed by atoms with E-state index in [0.29, 0.717) is 83.2 Å². The van der Waals surface area contributed by atoms with Crippen molar-refractivity contribution < 1.29 is 122 Å². The fourth-order valence-electron chi connectivity index (χ4n) is 12.5. The summed E-state index contributed by atoms with van der Waals surface area (Å²) < 4.78 is 123. The Hall–Kier alpha value is -12.8. The molecular weight excluding hydrogens is 1930 g/mol. The van der Waals surface area contributed by atoms with E-state index in [-0.39, 0.29) is 46.6 Å². The fraction of sp³-hybridized carbons (Fsp3) is 0.520. The Balaban J connectivity index is 0.00000168. The number of rotatable bonds is 39. The van der Waals surface area contributed by atoms with Crippen LogP contribution in [0.2, 0.25) is 0 Å². The number of halogens is 7. The summed E-state index contributed by atoms with van der Waals surface area (Å²) in [7, 11) is 6.47. The SMILES string of the molecule is CC(C)CNCC(C)C.COC(=O)C(C)(C)Br.COC(=O)C(C)(C)Oc1ccc(F)c([N+](=O)[O-])c1.COC(=O)C(C)(C)Oc1ccc(N(CC(C)C)CC(C)C)c(N)c1.COC(=O)C(C)(C)Oc1ccc(N(CC(C)C)CC(C)C)c(NC(=O)Cc2ccc(F)cc2F)c1.COC(=O)C(C)(C)Oc1ccc(N(CC(C)C)CC(C)C)c([N+](=O)[O-])c1.O=C=Nc1ccc(F)cc1F.O=[N+]([O-])c1cc(O)ccc1F. The first kappa shape index (κ1) is 129. The van der Waals surface area contributed by atoms with Gasteiger partial charge in [0.05, 0.1) is 97.7 Å². The monoisotopic (exact) mass is 2070 g/mol. The van der Waals surface area contributed by atoms with Crippen LogP contribution in [0.4, 0.5) is 77.5 Å². The molecule has 0 spiro atoms. The molecule has 790 valence electrons. The number of carbonyl (C=O) groups is 6. The average molecular weight is 2070 g/mol. The number of esters is 5. The molecule has 0 aliphatic carbocycles. The van der Waals surface area contributed by atoms with Crippen molar-refractivity contribution in [3.63, 3.8) is 0 Å². The molecule has 0 unspecified atom stereocenters. The number of aliphatic imine (C=N–C) groups is 1. The van der Waals surface area contributed by atoms with Crippen LogP contribution in [0.1, 0.15) is 186 Å². The lowest BCUT2D eigenvalue weighted by Crippen LogP contribution is -2.39. The Morgan fingerprint density at radius 1 is 0.408 bits per heavy atom. The smallest absolute Gasteiger partial charge is 0.349 e. The molecule has 1 amide bonds. The zero-order valence-corrected chi connectivity index (χ0v) is 89.0. The number of carbonyl (C=O) groups excluding carboxylic acids is 7. The lowest BCUT2D eigenvalue weighted by atomic mass is 10.1. The highest BCUT2D eigenvalue weighted by molar-refractivity contribution is 9.10. The molecule has 0 atom stereocenters. The average Bonchev–Trinajstić information content (AvgIpc) is 0.821. The normalized spacial score (nSPS) is 11.1. The summed E-state index contributed by atoms with van der Waals surface area (Å²) in [6.45, 7) is 57.6. The molecule has 40 heteroatoms. The highest BCUT2D eigenvalue weighted by Gasteiger charge is 2.37. The van der Waals surface area contributed by atoms with Gasteiger partial charge in [-0.3, -0.25) is 39.9 Å². The van der Waals surface area contributed by atoms with E-state index in [0.717, 1.165) is 123 Å². The Morgan fingerprint density at radius 2 is 0.725 bits per heavy atom. The molecule has 33 nitrogen and oxygen atoms in total. The maximum absolute atomic E-state index is 14.1. The molecule has 0 saturated carbocycles. The molecule has 0 aliphatic heterocycles. The summed E-state index contributed by atoms with van der Waals surface area (Å²) >= 11 is 3.13. The summed E-state index contributed by atoms with van der Waals surface area (Å²) in [5, 5.41) is 47.2. The van der Waals surface area contributed by atoms with Gasteiger partial charge in [0.2, 0.25) is 23.6 Å². The number of nitrogens with zero attached hydrogens (tertiary/aromatic N) is 7. The Labute approximate surface area is 838 Å². The Bertz CT molecular complexity index is 5220. The number of aromatic hydroxyl groups is 1. The van der Waals surface area contributed by atoms with Gasteiger partial charge in [0.15, 0.2) is 28.2 Å². The number of anilines is 5. The van der Waals surface area contributed by atoms with Crippen LogP contribution >= 0.6 is 15.9 Å². The molecule has 7 aromatic carbocycles. The molecule has 0 aliphatic rings. The topological polar surface area (TPSA) is 424 Å². The number of nitrogens with two attached hydrogens (primary N) is 1. The van der Waals surface area contributed by atoms with Crippen molar-refractivity contribution in [2.45, 2.75) is 213 Å². The second-order valence-electron chi connectivity index (χ2n) is 38.2. The van der Waals surface area contributed by atoms with Gasteiger partial charge in [0.25, 0.3) is 5.69 Å². The van der Waals surface area contributed by atoms with Gasteiger partial charge in [-0.1, -0.05) is 133 Å². The number of phenols is 1. The predicted octanol–water partition coefficient (Wildman–Crippen LogP) is 22.0. The minimum absolute atomic E-state index is 0.0125. The zero-order chi connectivity index (χ0) is 110. The molecule has 7 aromatic rings. The number of nitro benzene ring substituents is 3.